The third kappa shape index (κ3) is 3.91. The van der Waals surface area contributed by atoms with Gasteiger partial charge in [0.15, 0.2) is 5.96 Å². The fourth-order valence-corrected chi connectivity index (χ4v) is 2.01. The molecule has 0 radical (unpaired) electrons. The van der Waals surface area contributed by atoms with Crippen LogP contribution in [0.1, 0.15) is 18.4 Å². The highest BCUT2D eigenvalue weighted by molar-refractivity contribution is 6.30. The van der Waals surface area contributed by atoms with Gasteiger partial charge < -0.3 is 10.2 Å². The third-order valence-electron chi connectivity index (χ3n) is 3.15. The third-order valence-corrected chi connectivity index (χ3v) is 3.40. The van der Waals surface area contributed by atoms with Crippen molar-refractivity contribution >= 4 is 17.6 Å². The van der Waals surface area contributed by atoms with E-state index in [1.54, 1.807) is 0 Å². The summed E-state index contributed by atoms with van der Waals surface area (Å²) in [6, 6.07) is 7.94. The Kier molecular flexibility index (Phi) is 4.48. The molecule has 1 fully saturated rings. The van der Waals surface area contributed by atoms with Gasteiger partial charge in [-0.1, -0.05) is 23.7 Å². The van der Waals surface area contributed by atoms with Crippen LogP contribution < -0.4 is 5.32 Å². The van der Waals surface area contributed by atoms with Gasteiger partial charge in [0, 0.05) is 32.2 Å². The Morgan fingerprint density at radius 1 is 1.39 bits per heavy atom. The summed E-state index contributed by atoms with van der Waals surface area (Å²) in [5, 5.41) is 4.19. The highest BCUT2D eigenvalue weighted by Gasteiger charge is 2.21. The molecule has 0 aromatic heterocycles. The van der Waals surface area contributed by atoms with Crippen LogP contribution in [-0.4, -0.2) is 31.5 Å². The van der Waals surface area contributed by atoms with E-state index in [4.69, 9.17) is 11.6 Å². The van der Waals surface area contributed by atoms with Crippen LogP contribution in [-0.2, 0) is 6.54 Å². The Morgan fingerprint density at radius 2 is 2.06 bits per heavy atom. The van der Waals surface area contributed by atoms with Crippen LogP contribution in [0, 0.1) is 5.92 Å². The van der Waals surface area contributed by atoms with E-state index in [2.05, 4.69) is 22.3 Å². The van der Waals surface area contributed by atoms with Gasteiger partial charge in [-0.3, -0.25) is 4.99 Å². The van der Waals surface area contributed by atoms with Crippen molar-refractivity contribution < 1.29 is 0 Å². The van der Waals surface area contributed by atoms with Crippen molar-refractivity contribution in [3.63, 3.8) is 0 Å². The minimum Gasteiger partial charge on any atom is -0.356 e. The van der Waals surface area contributed by atoms with E-state index in [0.29, 0.717) is 0 Å². The SMILES string of the molecule is CN=C(NCC1CC1)N(C)Cc1ccc(Cl)cc1. The average Bonchev–Trinajstić information content (AvgIpc) is 3.17. The Balaban J connectivity index is 1.87. The summed E-state index contributed by atoms with van der Waals surface area (Å²) >= 11 is 5.88. The molecule has 1 saturated carbocycles. The topological polar surface area (TPSA) is 27.6 Å². The molecule has 1 aromatic rings. The molecule has 1 aromatic carbocycles. The van der Waals surface area contributed by atoms with Crippen molar-refractivity contribution in [1.29, 1.82) is 0 Å². The summed E-state index contributed by atoms with van der Waals surface area (Å²) in [5.41, 5.74) is 1.23. The molecular weight excluding hydrogens is 246 g/mol. The van der Waals surface area contributed by atoms with Gasteiger partial charge in [0.2, 0.25) is 0 Å². The summed E-state index contributed by atoms with van der Waals surface area (Å²) in [5.74, 6) is 1.81. The van der Waals surface area contributed by atoms with Gasteiger partial charge in [0.05, 0.1) is 0 Å². The van der Waals surface area contributed by atoms with Crippen LogP contribution in [0.3, 0.4) is 0 Å². The molecule has 0 spiro atoms. The van der Waals surface area contributed by atoms with Gasteiger partial charge >= 0.3 is 0 Å². The first-order valence-electron chi connectivity index (χ1n) is 6.35. The lowest BCUT2D eigenvalue weighted by atomic mass is 10.2. The number of rotatable bonds is 4. The van der Waals surface area contributed by atoms with E-state index < -0.39 is 0 Å². The quantitative estimate of drug-likeness (QED) is 0.670. The smallest absolute Gasteiger partial charge is 0.193 e. The maximum absolute atomic E-state index is 5.88. The summed E-state index contributed by atoms with van der Waals surface area (Å²) < 4.78 is 0. The molecule has 2 rings (SSSR count). The fraction of sp³-hybridized carbons (Fsp3) is 0.500. The van der Waals surface area contributed by atoms with E-state index in [-0.39, 0.29) is 0 Å². The first kappa shape index (κ1) is 13.2. The zero-order valence-electron chi connectivity index (χ0n) is 11.0. The zero-order chi connectivity index (χ0) is 13.0. The fourth-order valence-electron chi connectivity index (χ4n) is 1.88. The second kappa shape index (κ2) is 6.10. The number of benzene rings is 1. The van der Waals surface area contributed by atoms with E-state index in [1.807, 2.05) is 31.3 Å². The van der Waals surface area contributed by atoms with Crippen molar-refractivity contribution in [3.05, 3.63) is 34.9 Å². The molecule has 1 aliphatic carbocycles. The number of nitrogens with zero attached hydrogens (tertiary/aromatic N) is 2. The minimum absolute atomic E-state index is 0.776. The van der Waals surface area contributed by atoms with Crippen LogP contribution in [0.5, 0.6) is 0 Å². The van der Waals surface area contributed by atoms with Crippen LogP contribution in [0.15, 0.2) is 29.3 Å². The first-order valence-corrected chi connectivity index (χ1v) is 6.73. The largest absolute Gasteiger partial charge is 0.356 e. The lowest BCUT2D eigenvalue weighted by Crippen LogP contribution is -2.39. The molecule has 0 saturated heterocycles. The Bertz CT molecular complexity index is 410. The lowest BCUT2D eigenvalue weighted by Gasteiger charge is -2.22. The normalized spacial score (nSPS) is 15.6. The molecule has 18 heavy (non-hydrogen) atoms. The van der Waals surface area contributed by atoms with Crippen molar-refractivity contribution in [3.8, 4) is 0 Å². The summed E-state index contributed by atoms with van der Waals surface area (Å²) in [6.07, 6.45) is 2.70. The molecule has 1 N–H and O–H groups in total. The predicted octanol–water partition coefficient (Wildman–Crippen LogP) is 2.76. The average molecular weight is 266 g/mol. The van der Waals surface area contributed by atoms with Gasteiger partial charge in [0.25, 0.3) is 0 Å². The number of hydrogen-bond acceptors (Lipinski definition) is 1. The highest BCUT2D eigenvalue weighted by atomic mass is 35.5. The molecule has 0 bridgehead atoms. The van der Waals surface area contributed by atoms with Crippen molar-refractivity contribution in [1.82, 2.24) is 10.2 Å². The van der Waals surface area contributed by atoms with E-state index in [0.717, 1.165) is 30.0 Å². The van der Waals surface area contributed by atoms with Gasteiger partial charge in [-0.2, -0.15) is 0 Å². The molecule has 0 heterocycles. The van der Waals surface area contributed by atoms with Crippen LogP contribution in [0.4, 0.5) is 0 Å². The van der Waals surface area contributed by atoms with Crippen LogP contribution >= 0.6 is 11.6 Å². The van der Waals surface area contributed by atoms with E-state index >= 15 is 0 Å². The standard InChI is InChI=1S/C14H20ClN3/c1-16-14(17-9-11-3-4-11)18(2)10-12-5-7-13(15)8-6-12/h5-8,11H,3-4,9-10H2,1-2H3,(H,16,17). The van der Waals surface area contributed by atoms with Gasteiger partial charge in [0.1, 0.15) is 0 Å². The highest BCUT2D eigenvalue weighted by Crippen LogP contribution is 2.27. The predicted molar refractivity (Wildman–Crippen MR) is 77.0 cm³/mol. The lowest BCUT2D eigenvalue weighted by molar-refractivity contribution is 0.474. The molecule has 0 unspecified atom stereocenters. The molecule has 3 nitrogen and oxygen atoms in total. The minimum atomic E-state index is 0.776. The van der Waals surface area contributed by atoms with Crippen molar-refractivity contribution in [2.75, 3.05) is 20.6 Å². The second-order valence-corrected chi connectivity index (χ2v) is 5.29. The zero-order valence-corrected chi connectivity index (χ0v) is 11.7. The summed E-state index contributed by atoms with van der Waals surface area (Å²) in [4.78, 5) is 6.44. The van der Waals surface area contributed by atoms with E-state index in [9.17, 15) is 0 Å². The molecule has 1 aliphatic rings. The molecule has 98 valence electrons. The summed E-state index contributed by atoms with van der Waals surface area (Å²) in [7, 11) is 3.88. The number of aliphatic imine (C=N–C) groups is 1. The molecule has 4 heteroatoms. The van der Waals surface area contributed by atoms with Crippen LogP contribution in [0.25, 0.3) is 0 Å². The van der Waals surface area contributed by atoms with Gasteiger partial charge in [-0.15, -0.1) is 0 Å². The van der Waals surface area contributed by atoms with Crippen molar-refractivity contribution in [2.24, 2.45) is 10.9 Å². The molecule has 0 amide bonds. The Morgan fingerprint density at radius 3 is 2.61 bits per heavy atom. The number of hydrogen-bond donors (Lipinski definition) is 1. The maximum atomic E-state index is 5.88. The molecular formula is C14H20ClN3. The number of guanidine groups is 1. The second-order valence-electron chi connectivity index (χ2n) is 4.85. The van der Waals surface area contributed by atoms with E-state index in [1.165, 1.54) is 18.4 Å². The Hall–Kier alpha value is -1.22. The Labute approximate surface area is 114 Å². The summed E-state index contributed by atoms with van der Waals surface area (Å²) in [6.45, 7) is 1.87. The molecule has 0 atom stereocenters. The maximum Gasteiger partial charge on any atom is 0.193 e. The first-order chi connectivity index (χ1) is 8.69. The number of halogens is 1. The van der Waals surface area contributed by atoms with Gasteiger partial charge in [-0.05, 0) is 36.5 Å². The molecule has 0 aliphatic heterocycles. The van der Waals surface area contributed by atoms with Crippen LogP contribution in [0.2, 0.25) is 5.02 Å². The monoisotopic (exact) mass is 265 g/mol. The van der Waals surface area contributed by atoms with Crippen molar-refractivity contribution in [2.45, 2.75) is 19.4 Å². The van der Waals surface area contributed by atoms with Gasteiger partial charge in [-0.25, -0.2) is 0 Å². The number of nitrogens with one attached hydrogen (secondary N) is 1.